The number of carboxylic acid groups (broad SMARTS) is 1. The number of amides is 3. The molecule has 4 atom stereocenters. The fraction of sp³-hybridized carbons (Fsp3) is 0.667. The average molecular weight is 538 g/mol. The Morgan fingerprint density at radius 1 is 0.947 bits per heavy atom. The Labute approximate surface area is 223 Å². The van der Waals surface area contributed by atoms with Crippen molar-refractivity contribution >= 4 is 29.7 Å². The molecule has 0 spiro atoms. The molecule has 0 aliphatic rings. The molecule has 0 fully saturated rings. The highest BCUT2D eigenvalue weighted by molar-refractivity contribution is 5.94. The van der Waals surface area contributed by atoms with Gasteiger partial charge in [0.1, 0.15) is 18.1 Å². The zero-order valence-electron chi connectivity index (χ0n) is 22.6. The molecular formula is C24H43N9O5. The number of aromatic nitrogens is 2. The Balaban J connectivity index is 3.03. The van der Waals surface area contributed by atoms with Crippen LogP contribution in [0.25, 0.3) is 0 Å². The number of imidazole rings is 1. The Bertz CT molecular complexity index is 930. The molecule has 214 valence electrons. The van der Waals surface area contributed by atoms with Crippen molar-refractivity contribution in [3.63, 3.8) is 0 Å². The van der Waals surface area contributed by atoms with Gasteiger partial charge in [-0.15, -0.1) is 0 Å². The van der Waals surface area contributed by atoms with E-state index in [1.807, 2.05) is 27.7 Å². The lowest BCUT2D eigenvalue weighted by Crippen LogP contribution is -2.58. The van der Waals surface area contributed by atoms with Crippen molar-refractivity contribution < 1.29 is 24.3 Å². The van der Waals surface area contributed by atoms with Gasteiger partial charge < -0.3 is 43.2 Å². The summed E-state index contributed by atoms with van der Waals surface area (Å²) in [6, 6.07) is -4.08. The zero-order valence-corrected chi connectivity index (χ0v) is 22.6. The third kappa shape index (κ3) is 12.5. The van der Waals surface area contributed by atoms with Gasteiger partial charge in [0.25, 0.3) is 0 Å². The SMILES string of the molecule is CC(C)CC(N)C(=O)NC(CC(C)C)C(=O)NC(Cc1cnc[nH]1)C(=O)NC(CCCN=C(N)N)C(=O)O. The van der Waals surface area contributed by atoms with E-state index in [1.54, 1.807) is 0 Å². The van der Waals surface area contributed by atoms with Gasteiger partial charge in [0.05, 0.1) is 12.4 Å². The molecule has 0 bridgehead atoms. The first-order valence-electron chi connectivity index (χ1n) is 12.7. The molecule has 0 saturated carbocycles. The Kier molecular flexibility index (Phi) is 13.8. The number of carboxylic acids is 1. The number of nitrogens with two attached hydrogens (primary N) is 3. The molecule has 1 aromatic heterocycles. The molecule has 3 amide bonds. The van der Waals surface area contributed by atoms with Crippen molar-refractivity contribution in [3.05, 3.63) is 18.2 Å². The van der Waals surface area contributed by atoms with Crippen molar-refractivity contribution in [2.45, 2.75) is 84.0 Å². The van der Waals surface area contributed by atoms with Crippen LogP contribution >= 0.6 is 0 Å². The van der Waals surface area contributed by atoms with Crippen LogP contribution in [0.1, 0.15) is 59.1 Å². The predicted molar refractivity (Wildman–Crippen MR) is 143 cm³/mol. The smallest absolute Gasteiger partial charge is 0.326 e. The molecule has 0 aliphatic carbocycles. The summed E-state index contributed by atoms with van der Waals surface area (Å²) in [5.41, 5.74) is 17.1. The topological polar surface area (TPSA) is 244 Å². The third-order valence-electron chi connectivity index (χ3n) is 5.57. The summed E-state index contributed by atoms with van der Waals surface area (Å²) in [7, 11) is 0. The van der Waals surface area contributed by atoms with Crippen LogP contribution in [0.2, 0.25) is 0 Å². The molecule has 1 heterocycles. The van der Waals surface area contributed by atoms with Crippen molar-refractivity contribution in [1.82, 2.24) is 25.9 Å². The van der Waals surface area contributed by atoms with E-state index in [9.17, 15) is 24.3 Å². The molecule has 1 aromatic rings. The molecule has 0 aromatic carbocycles. The highest BCUT2D eigenvalue weighted by Gasteiger charge is 2.31. The maximum atomic E-state index is 13.3. The number of hydrogen-bond donors (Lipinski definition) is 8. The molecule has 0 saturated heterocycles. The summed E-state index contributed by atoms with van der Waals surface area (Å²) in [5.74, 6) is -2.85. The number of guanidine groups is 1. The van der Waals surface area contributed by atoms with Gasteiger partial charge in [-0.2, -0.15) is 0 Å². The van der Waals surface area contributed by atoms with Gasteiger partial charge in [-0.05, 0) is 37.5 Å². The van der Waals surface area contributed by atoms with E-state index in [2.05, 4.69) is 30.9 Å². The lowest BCUT2D eigenvalue weighted by molar-refractivity contribution is -0.142. The number of aliphatic imine (C=N–C) groups is 1. The fourth-order valence-corrected chi connectivity index (χ4v) is 3.73. The van der Waals surface area contributed by atoms with Crippen molar-refractivity contribution in [2.24, 2.45) is 34.0 Å². The van der Waals surface area contributed by atoms with E-state index >= 15 is 0 Å². The number of nitrogens with one attached hydrogen (secondary N) is 4. The van der Waals surface area contributed by atoms with Gasteiger partial charge in [-0.1, -0.05) is 27.7 Å². The van der Waals surface area contributed by atoms with Gasteiger partial charge in [0.15, 0.2) is 5.96 Å². The second kappa shape index (κ2) is 16.2. The summed E-state index contributed by atoms with van der Waals surface area (Å²) in [6.07, 6.45) is 4.09. The summed E-state index contributed by atoms with van der Waals surface area (Å²) >= 11 is 0. The van der Waals surface area contributed by atoms with Gasteiger partial charge in [-0.3, -0.25) is 19.4 Å². The normalized spacial score (nSPS) is 14.3. The molecule has 0 aliphatic heterocycles. The van der Waals surface area contributed by atoms with Crippen LogP contribution in [0.5, 0.6) is 0 Å². The van der Waals surface area contributed by atoms with E-state index in [0.717, 1.165) is 0 Å². The number of rotatable bonds is 17. The summed E-state index contributed by atoms with van der Waals surface area (Å²) in [6.45, 7) is 7.88. The van der Waals surface area contributed by atoms with Crippen molar-refractivity contribution in [1.29, 1.82) is 0 Å². The van der Waals surface area contributed by atoms with Crippen LogP contribution in [0, 0.1) is 11.8 Å². The molecule has 14 nitrogen and oxygen atoms in total. The van der Waals surface area contributed by atoms with Crippen LogP contribution in [0.4, 0.5) is 0 Å². The highest BCUT2D eigenvalue weighted by Crippen LogP contribution is 2.09. The number of hydrogen-bond acceptors (Lipinski definition) is 7. The van der Waals surface area contributed by atoms with Crippen LogP contribution in [-0.4, -0.2) is 75.4 Å². The lowest BCUT2D eigenvalue weighted by atomic mass is 10.00. The summed E-state index contributed by atoms with van der Waals surface area (Å²) in [5, 5.41) is 17.4. The molecule has 4 unspecified atom stereocenters. The van der Waals surface area contributed by atoms with Crippen LogP contribution in [0.15, 0.2) is 17.5 Å². The first-order valence-corrected chi connectivity index (χ1v) is 12.7. The third-order valence-corrected chi connectivity index (χ3v) is 5.57. The number of aliphatic carboxylic acids is 1. The maximum absolute atomic E-state index is 13.3. The molecule has 1 rings (SSSR count). The van der Waals surface area contributed by atoms with E-state index in [1.165, 1.54) is 12.5 Å². The average Bonchev–Trinajstić information content (AvgIpc) is 3.32. The van der Waals surface area contributed by atoms with Crippen molar-refractivity contribution in [2.75, 3.05) is 6.54 Å². The van der Waals surface area contributed by atoms with E-state index in [4.69, 9.17) is 17.2 Å². The summed E-state index contributed by atoms with van der Waals surface area (Å²) < 4.78 is 0. The number of nitrogens with zero attached hydrogens (tertiary/aromatic N) is 2. The largest absolute Gasteiger partial charge is 0.480 e. The molecule has 14 heteroatoms. The van der Waals surface area contributed by atoms with E-state index < -0.39 is 47.9 Å². The Morgan fingerprint density at radius 2 is 1.53 bits per heavy atom. The number of carbonyl (C=O) groups is 4. The number of carbonyl (C=O) groups excluding carboxylic acids is 3. The number of H-pyrrole nitrogens is 1. The second-order valence-corrected chi connectivity index (χ2v) is 10.1. The Morgan fingerprint density at radius 3 is 2.05 bits per heavy atom. The zero-order chi connectivity index (χ0) is 28.8. The minimum atomic E-state index is -1.24. The molecular weight excluding hydrogens is 494 g/mol. The fourth-order valence-electron chi connectivity index (χ4n) is 3.73. The quantitative estimate of drug-likeness (QED) is 0.0686. The van der Waals surface area contributed by atoms with Crippen LogP contribution in [-0.2, 0) is 25.6 Å². The standard InChI is InChI=1S/C24H43N9O5/c1-13(2)8-16(25)20(34)32-18(9-14(3)4)21(35)33-19(10-15-11-28-12-30-15)22(36)31-17(23(37)38)6-5-7-29-24(26)27/h11-14,16-19H,5-10,25H2,1-4H3,(H,28,30)(H,31,36)(H,32,34)(H,33,35)(H,37,38)(H4,26,27,29). The first-order chi connectivity index (χ1) is 17.8. The molecule has 38 heavy (non-hydrogen) atoms. The van der Waals surface area contributed by atoms with Gasteiger partial charge in [0, 0.05) is 24.9 Å². The summed E-state index contributed by atoms with van der Waals surface area (Å²) in [4.78, 5) is 61.4. The van der Waals surface area contributed by atoms with E-state index in [0.29, 0.717) is 25.0 Å². The minimum absolute atomic E-state index is 0.0210. The van der Waals surface area contributed by atoms with Gasteiger partial charge in [0.2, 0.25) is 17.7 Å². The first kappa shape index (κ1) is 32.3. The van der Waals surface area contributed by atoms with Crippen LogP contribution in [0.3, 0.4) is 0 Å². The van der Waals surface area contributed by atoms with Gasteiger partial charge >= 0.3 is 5.97 Å². The highest BCUT2D eigenvalue weighted by atomic mass is 16.4. The molecule has 0 radical (unpaired) electrons. The second-order valence-electron chi connectivity index (χ2n) is 10.1. The monoisotopic (exact) mass is 537 g/mol. The Hall–Kier alpha value is -3.68. The number of aromatic amines is 1. The van der Waals surface area contributed by atoms with Crippen molar-refractivity contribution in [3.8, 4) is 0 Å². The van der Waals surface area contributed by atoms with Crippen LogP contribution < -0.4 is 33.2 Å². The lowest BCUT2D eigenvalue weighted by Gasteiger charge is -2.26. The van der Waals surface area contributed by atoms with Gasteiger partial charge in [-0.25, -0.2) is 9.78 Å². The predicted octanol–water partition coefficient (Wildman–Crippen LogP) is -1.04. The minimum Gasteiger partial charge on any atom is -0.480 e. The van der Waals surface area contributed by atoms with E-state index in [-0.39, 0.29) is 37.2 Å². The molecule has 11 N–H and O–H groups in total. The maximum Gasteiger partial charge on any atom is 0.326 e.